The van der Waals surface area contributed by atoms with Crippen LogP contribution in [0.2, 0.25) is 0 Å². The third kappa shape index (κ3) is 3.95. The Kier molecular flexibility index (Phi) is 5.72. The van der Waals surface area contributed by atoms with Gasteiger partial charge < -0.3 is 5.32 Å². The van der Waals surface area contributed by atoms with E-state index in [4.69, 9.17) is 0 Å². The number of benzene rings is 1. The smallest absolute Gasteiger partial charge is 0.256 e. The van der Waals surface area contributed by atoms with Crippen molar-refractivity contribution in [1.29, 1.82) is 5.26 Å². The van der Waals surface area contributed by atoms with Gasteiger partial charge in [-0.05, 0) is 68.4 Å². The normalized spacial score (nSPS) is 17.3. The van der Waals surface area contributed by atoms with E-state index in [0.29, 0.717) is 29.2 Å². The molecule has 8 heteroatoms. The Bertz CT molecular complexity index is 1060. The minimum Gasteiger partial charge on any atom is -0.312 e. The van der Waals surface area contributed by atoms with Crippen LogP contribution >= 0.6 is 11.3 Å². The quantitative estimate of drug-likeness (QED) is 0.746. The van der Waals surface area contributed by atoms with Crippen molar-refractivity contribution in [3.63, 3.8) is 0 Å². The maximum atomic E-state index is 12.7. The molecule has 1 aromatic carbocycles. The van der Waals surface area contributed by atoms with Crippen LogP contribution in [0.4, 0.5) is 5.00 Å². The van der Waals surface area contributed by atoms with Gasteiger partial charge in [-0.3, -0.25) is 4.79 Å². The third-order valence-corrected chi connectivity index (χ3v) is 8.70. The van der Waals surface area contributed by atoms with E-state index in [0.717, 1.165) is 44.1 Å². The first-order chi connectivity index (χ1) is 14.0. The molecule has 1 aliphatic carbocycles. The van der Waals surface area contributed by atoms with Crippen molar-refractivity contribution in [3.8, 4) is 6.07 Å². The van der Waals surface area contributed by atoms with Crippen molar-refractivity contribution < 1.29 is 13.2 Å². The predicted molar refractivity (Wildman–Crippen MR) is 113 cm³/mol. The Labute approximate surface area is 175 Å². The minimum atomic E-state index is -3.50. The molecule has 0 spiro atoms. The lowest BCUT2D eigenvalue weighted by Gasteiger charge is -2.15. The first-order valence-electron chi connectivity index (χ1n) is 9.97. The van der Waals surface area contributed by atoms with Crippen molar-refractivity contribution >= 4 is 32.3 Å². The molecular formula is C21H23N3O3S2. The number of nitrogens with zero attached hydrogens (tertiary/aromatic N) is 2. The van der Waals surface area contributed by atoms with Gasteiger partial charge in [-0.2, -0.15) is 9.57 Å². The van der Waals surface area contributed by atoms with Crippen LogP contribution in [0.15, 0.2) is 29.2 Å². The number of rotatable bonds is 4. The van der Waals surface area contributed by atoms with Crippen LogP contribution in [-0.2, 0) is 22.9 Å². The van der Waals surface area contributed by atoms with Crippen LogP contribution in [0, 0.1) is 11.3 Å². The molecule has 1 aliphatic heterocycles. The van der Waals surface area contributed by atoms with Gasteiger partial charge in [-0.25, -0.2) is 8.42 Å². The first-order valence-corrected chi connectivity index (χ1v) is 12.2. The predicted octanol–water partition coefficient (Wildman–Crippen LogP) is 3.93. The lowest BCUT2D eigenvalue weighted by atomic mass is 10.1. The molecule has 2 aliphatic rings. The van der Waals surface area contributed by atoms with Gasteiger partial charge in [0.15, 0.2) is 0 Å². The number of sulfonamides is 1. The molecule has 2 heterocycles. The molecule has 0 atom stereocenters. The van der Waals surface area contributed by atoms with E-state index in [1.165, 1.54) is 51.2 Å². The van der Waals surface area contributed by atoms with Gasteiger partial charge in [-0.1, -0.05) is 6.42 Å². The van der Waals surface area contributed by atoms with Crippen LogP contribution in [0.25, 0.3) is 0 Å². The second-order valence-electron chi connectivity index (χ2n) is 7.47. The molecule has 1 saturated heterocycles. The number of nitriles is 1. The van der Waals surface area contributed by atoms with E-state index in [2.05, 4.69) is 11.4 Å². The van der Waals surface area contributed by atoms with Gasteiger partial charge >= 0.3 is 0 Å². The molecule has 152 valence electrons. The summed E-state index contributed by atoms with van der Waals surface area (Å²) in [5, 5.41) is 13.1. The molecule has 1 N–H and O–H groups in total. The summed E-state index contributed by atoms with van der Waals surface area (Å²) in [6.07, 6.45) is 6.94. The summed E-state index contributed by atoms with van der Waals surface area (Å²) in [6, 6.07) is 8.29. The molecule has 1 aromatic heterocycles. The maximum absolute atomic E-state index is 12.7. The van der Waals surface area contributed by atoms with Gasteiger partial charge in [0.05, 0.1) is 10.5 Å². The summed E-state index contributed by atoms with van der Waals surface area (Å²) in [6.45, 7) is 1.09. The average molecular weight is 430 g/mol. The highest BCUT2D eigenvalue weighted by atomic mass is 32.2. The molecule has 0 bridgehead atoms. The Morgan fingerprint density at radius 2 is 1.72 bits per heavy atom. The van der Waals surface area contributed by atoms with E-state index >= 15 is 0 Å². The largest absolute Gasteiger partial charge is 0.312 e. The van der Waals surface area contributed by atoms with Crippen LogP contribution in [0.5, 0.6) is 0 Å². The second kappa shape index (κ2) is 8.27. The molecule has 1 fully saturated rings. The summed E-state index contributed by atoms with van der Waals surface area (Å²) < 4.78 is 26.7. The second-order valence-corrected chi connectivity index (χ2v) is 10.5. The summed E-state index contributed by atoms with van der Waals surface area (Å²) >= 11 is 1.49. The van der Waals surface area contributed by atoms with Gasteiger partial charge in [0.2, 0.25) is 10.0 Å². The highest BCUT2D eigenvalue weighted by molar-refractivity contribution is 7.89. The number of anilines is 1. The number of carbonyl (C=O) groups excluding carboxylic acids is 1. The first kappa shape index (κ1) is 20.1. The zero-order chi connectivity index (χ0) is 20.4. The molecule has 29 heavy (non-hydrogen) atoms. The number of fused-ring (bicyclic) bond motifs is 1. The lowest BCUT2D eigenvalue weighted by Crippen LogP contribution is -2.27. The number of thiophene rings is 1. The van der Waals surface area contributed by atoms with Crippen LogP contribution < -0.4 is 5.32 Å². The van der Waals surface area contributed by atoms with E-state index in [9.17, 15) is 18.5 Å². The Hall–Kier alpha value is -2.21. The van der Waals surface area contributed by atoms with Crippen LogP contribution in [0.3, 0.4) is 0 Å². The summed E-state index contributed by atoms with van der Waals surface area (Å²) in [5.74, 6) is -0.331. The highest BCUT2D eigenvalue weighted by Gasteiger charge is 2.27. The zero-order valence-corrected chi connectivity index (χ0v) is 17.7. The van der Waals surface area contributed by atoms with Crippen molar-refractivity contribution in [2.45, 2.75) is 49.8 Å². The molecule has 1 amide bonds. The van der Waals surface area contributed by atoms with Crippen molar-refractivity contribution in [3.05, 3.63) is 45.8 Å². The fraction of sp³-hybridized carbons (Fsp3) is 0.429. The van der Waals surface area contributed by atoms with E-state index < -0.39 is 10.0 Å². The number of carbonyl (C=O) groups is 1. The van der Waals surface area contributed by atoms with Gasteiger partial charge in [0.1, 0.15) is 11.1 Å². The number of hydrogen-bond donors (Lipinski definition) is 1. The standard InChI is InChI=1S/C21H23N3O3S2/c22-14-18-17-6-2-1-3-7-19(17)28-21(18)23-20(25)15-8-10-16(11-9-15)29(26,27)24-12-4-5-13-24/h8-11H,1-7,12-13H2,(H,23,25). The molecule has 4 rings (SSSR count). The Morgan fingerprint density at radius 3 is 2.41 bits per heavy atom. The van der Waals surface area contributed by atoms with E-state index in [-0.39, 0.29) is 10.8 Å². The number of nitrogens with one attached hydrogen (secondary N) is 1. The topological polar surface area (TPSA) is 90.3 Å². The number of amides is 1. The Morgan fingerprint density at radius 1 is 1.03 bits per heavy atom. The molecule has 2 aromatic rings. The Balaban J connectivity index is 1.53. The van der Waals surface area contributed by atoms with Crippen molar-refractivity contribution in [2.75, 3.05) is 18.4 Å². The van der Waals surface area contributed by atoms with Crippen molar-refractivity contribution in [2.24, 2.45) is 0 Å². The summed E-state index contributed by atoms with van der Waals surface area (Å²) in [4.78, 5) is 14.1. The molecular weight excluding hydrogens is 406 g/mol. The lowest BCUT2D eigenvalue weighted by molar-refractivity contribution is 0.102. The number of aryl methyl sites for hydroxylation is 1. The summed E-state index contributed by atoms with van der Waals surface area (Å²) in [5.41, 5.74) is 2.03. The van der Waals surface area contributed by atoms with Gasteiger partial charge in [0.25, 0.3) is 5.91 Å². The third-order valence-electron chi connectivity index (χ3n) is 5.58. The van der Waals surface area contributed by atoms with Crippen LogP contribution in [0.1, 0.15) is 58.5 Å². The SMILES string of the molecule is N#Cc1c(NC(=O)c2ccc(S(=O)(=O)N3CCCC3)cc2)sc2c1CCCCC2. The maximum Gasteiger partial charge on any atom is 0.256 e. The average Bonchev–Trinajstić information content (AvgIpc) is 3.31. The fourth-order valence-corrected chi connectivity index (χ4v) is 6.73. The summed E-state index contributed by atoms with van der Waals surface area (Å²) in [7, 11) is -3.50. The zero-order valence-electron chi connectivity index (χ0n) is 16.1. The molecule has 0 saturated carbocycles. The van der Waals surface area contributed by atoms with Crippen LogP contribution in [-0.4, -0.2) is 31.7 Å². The molecule has 6 nitrogen and oxygen atoms in total. The van der Waals surface area contributed by atoms with Crippen molar-refractivity contribution in [1.82, 2.24) is 4.31 Å². The van der Waals surface area contributed by atoms with Gasteiger partial charge in [-0.15, -0.1) is 11.3 Å². The fourth-order valence-electron chi connectivity index (χ4n) is 3.98. The number of hydrogen-bond acceptors (Lipinski definition) is 5. The minimum absolute atomic E-state index is 0.205. The van der Waals surface area contributed by atoms with E-state index in [1.807, 2.05) is 0 Å². The van der Waals surface area contributed by atoms with Gasteiger partial charge in [0, 0.05) is 23.5 Å². The van der Waals surface area contributed by atoms with E-state index in [1.54, 1.807) is 0 Å². The monoisotopic (exact) mass is 429 g/mol. The molecule has 0 unspecified atom stereocenters. The molecule has 0 radical (unpaired) electrons. The highest BCUT2D eigenvalue weighted by Crippen LogP contribution is 2.37.